The summed E-state index contributed by atoms with van der Waals surface area (Å²) in [6.45, 7) is 12.0. The third-order valence-electron chi connectivity index (χ3n) is 5.48. The predicted molar refractivity (Wildman–Crippen MR) is 91.7 cm³/mol. The third-order valence-corrected chi connectivity index (χ3v) is 5.48. The Balaban J connectivity index is 1.95. The Bertz CT molecular complexity index is 651. The number of likely N-dealkylation sites (tertiary alicyclic amines) is 2. The first-order chi connectivity index (χ1) is 11.7. The number of nitrogens with zero attached hydrogens (tertiary/aromatic N) is 4. The summed E-state index contributed by atoms with van der Waals surface area (Å²) in [7, 11) is 0. The number of carbonyl (C=O) groups is 2. The molecule has 2 fully saturated rings. The molecule has 1 aromatic heterocycles. The molecule has 0 unspecified atom stereocenters. The van der Waals surface area contributed by atoms with Gasteiger partial charge in [0.2, 0.25) is 17.7 Å². The van der Waals surface area contributed by atoms with Crippen LogP contribution in [0.25, 0.3) is 0 Å². The van der Waals surface area contributed by atoms with Crippen molar-refractivity contribution in [3.05, 3.63) is 11.7 Å². The molecular formula is C18H28N4O3. The van der Waals surface area contributed by atoms with Crippen LogP contribution < -0.4 is 0 Å². The smallest absolute Gasteiger partial charge is 0.236 e. The zero-order valence-corrected chi connectivity index (χ0v) is 15.8. The van der Waals surface area contributed by atoms with Gasteiger partial charge in [-0.1, -0.05) is 32.9 Å². The van der Waals surface area contributed by atoms with Crippen LogP contribution in [0.15, 0.2) is 4.52 Å². The molecule has 2 aliphatic rings. The minimum atomic E-state index is -0.450. The van der Waals surface area contributed by atoms with E-state index in [1.54, 1.807) is 6.92 Å². The Morgan fingerprint density at radius 1 is 1.12 bits per heavy atom. The molecule has 2 atom stereocenters. The average molecular weight is 348 g/mol. The van der Waals surface area contributed by atoms with E-state index in [0.29, 0.717) is 31.3 Å². The van der Waals surface area contributed by atoms with E-state index in [0.717, 1.165) is 13.0 Å². The van der Waals surface area contributed by atoms with E-state index in [9.17, 15) is 9.59 Å². The number of hydrogen-bond acceptors (Lipinski definition) is 5. The maximum absolute atomic E-state index is 12.6. The van der Waals surface area contributed by atoms with E-state index in [1.165, 1.54) is 0 Å². The van der Waals surface area contributed by atoms with Crippen LogP contribution in [-0.2, 0) is 15.0 Å². The van der Waals surface area contributed by atoms with Crippen LogP contribution in [0, 0.1) is 24.7 Å². The fraction of sp³-hybridized carbons (Fsp3) is 0.778. The van der Waals surface area contributed by atoms with E-state index in [1.807, 2.05) is 37.5 Å². The highest BCUT2D eigenvalue weighted by Gasteiger charge is 2.56. The molecule has 0 aliphatic carbocycles. The molecule has 7 heteroatoms. The van der Waals surface area contributed by atoms with Crippen LogP contribution in [0.5, 0.6) is 0 Å². The zero-order chi connectivity index (χ0) is 18.4. The van der Waals surface area contributed by atoms with E-state index in [2.05, 4.69) is 10.1 Å². The van der Waals surface area contributed by atoms with Crippen molar-refractivity contribution < 1.29 is 14.1 Å². The second kappa shape index (κ2) is 6.42. The van der Waals surface area contributed by atoms with Gasteiger partial charge in [-0.05, 0) is 19.3 Å². The summed E-state index contributed by atoms with van der Waals surface area (Å²) in [5.74, 6) is 1.59. The molecule has 3 rings (SSSR count). The molecule has 0 bridgehead atoms. The second-order valence-electron chi connectivity index (χ2n) is 8.08. The number of piperidine rings is 1. The van der Waals surface area contributed by atoms with E-state index < -0.39 is 5.41 Å². The lowest BCUT2D eigenvalue weighted by molar-refractivity contribution is -0.137. The van der Waals surface area contributed by atoms with Crippen LogP contribution in [0.2, 0.25) is 0 Å². The first-order valence-corrected chi connectivity index (χ1v) is 9.13. The Morgan fingerprint density at radius 3 is 2.28 bits per heavy atom. The molecule has 0 N–H and O–H groups in total. The van der Waals surface area contributed by atoms with Crippen LogP contribution in [0.1, 0.15) is 45.8 Å². The number of aromatic nitrogens is 2. The van der Waals surface area contributed by atoms with Gasteiger partial charge >= 0.3 is 0 Å². The first kappa shape index (κ1) is 17.9. The Labute approximate surface area is 148 Å². The molecule has 0 saturated carbocycles. The van der Waals surface area contributed by atoms with Crippen molar-refractivity contribution in [2.24, 2.45) is 17.8 Å². The summed E-state index contributed by atoms with van der Waals surface area (Å²) in [6, 6.07) is 0. The van der Waals surface area contributed by atoms with Crippen molar-refractivity contribution in [1.29, 1.82) is 0 Å². The van der Waals surface area contributed by atoms with Crippen LogP contribution in [0.3, 0.4) is 0 Å². The Morgan fingerprint density at radius 2 is 1.72 bits per heavy atom. The Kier molecular flexibility index (Phi) is 4.60. The number of rotatable bonds is 3. The Hall–Kier alpha value is -1.92. The van der Waals surface area contributed by atoms with Crippen LogP contribution in [0.4, 0.5) is 0 Å². The van der Waals surface area contributed by atoms with E-state index in [4.69, 9.17) is 4.52 Å². The maximum atomic E-state index is 12.6. The monoisotopic (exact) mass is 348 g/mol. The van der Waals surface area contributed by atoms with Gasteiger partial charge in [0.25, 0.3) is 0 Å². The molecule has 7 nitrogen and oxygen atoms in total. The SMILES string of the molecule is Cc1noc([C@]23CN(C(=O)C(C)C)CC[C@H]2CN(C(=O)C(C)C)C3)n1. The fourth-order valence-corrected chi connectivity index (χ4v) is 4.15. The molecule has 1 aromatic rings. The third kappa shape index (κ3) is 3.04. The van der Waals surface area contributed by atoms with Gasteiger partial charge < -0.3 is 14.3 Å². The van der Waals surface area contributed by atoms with Gasteiger partial charge in [-0.25, -0.2) is 0 Å². The minimum absolute atomic E-state index is 0.0463. The lowest BCUT2D eigenvalue weighted by Crippen LogP contribution is -2.54. The van der Waals surface area contributed by atoms with Crippen molar-refractivity contribution in [2.45, 2.75) is 46.5 Å². The molecule has 0 spiro atoms. The lowest BCUT2D eigenvalue weighted by atomic mass is 9.73. The minimum Gasteiger partial charge on any atom is -0.341 e. The average Bonchev–Trinajstić information content (AvgIpc) is 3.16. The molecular weight excluding hydrogens is 320 g/mol. The van der Waals surface area contributed by atoms with Crippen LogP contribution in [-0.4, -0.2) is 57.9 Å². The molecule has 2 amide bonds. The molecule has 0 aromatic carbocycles. The summed E-state index contributed by atoms with van der Waals surface area (Å²) in [6.07, 6.45) is 0.849. The van der Waals surface area contributed by atoms with Gasteiger partial charge in [-0.3, -0.25) is 9.59 Å². The molecule has 2 saturated heterocycles. The van der Waals surface area contributed by atoms with Gasteiger partial charge in [0.1, 0.15) is 0 Å². The summed E-state index contributed by atoms with van der Waals surface area (Å²) >= 11 is 0. The highest BCUT2D eigenvalue weighted by Crippen LogP contribution is 2.44. The maximum Gasteiger partial charge on any atom is 0.236 e. The number of carbonyl (C=O) groups excluding carboxylic acids is 2. The van der Waals surface area contributed by atoms with Crippen molar-refractivity contribution in [3.8, 4) is 0 Å². The van der Waals surface area contributed by atoms with Crippen molar-refractivity contribution in [3.63, 3.8) is 0 Å². The molecule has 0 radical (unpaired) electrons. The molecule has 138 valence electrons. The quantitative estimate of drug-likeness (QED) is 0.829. The standard InChI is InChI=1S/C18H28N4O3/c1-11(2)15(23)21-7-6-14-8-22(16(24)12(3)4)10-18(14,9-21)17-19-13(5)20-25-17/h11-12,14H,6-10H2,1-5H3/t14-,18-/m0/s1. The lowest BCUT2D eigenvalue weighted by Gasteiger charge is -2.42. The number of amides is 2. The highest BCUT2D eigenvalue weighted by molar-refractivity contribution is 5.80. The van der Waals surface area contributed by atoms with Gasteiger partial charge in [0, 0.05) is 38.0 Å². The van der Waals surface area contributed by atoms with Gasteiger partial charge in [-0.2, -0.15) is 4.98 Å². The number of fused-ring (bicyclic) bond motifs is 1. The second-order valence-corrected chi connectivity index (χ2v) is 8.08. The van der Waals surface area contributed by atoms with Crippen molar-refractivity contribution >= 4 is 11.8 Å². The van der Waals surface area contributed by atoms with Crippen molar-refractivity contribution in [1.82, 2.24) is 19.9 Å². The zero-order valence-electron chi connectivity index (χ0n) is 15.8. The topological polar surface area (TPSA) is 79.5 Å². The fourth-order valence-electron chi connectivity index (χ4n) is 4.15. The summed E-state index contributed by atoms with van der Waals surface area (Å²) in [5.41, 5.74) is -0.450. The first-order valence-electron chi connectivity index (χ1n) is 9.13. The molecule has 25 heavy (non-hydrogen) atoms. The van der Waals surface area contributed by atoms with Gasteiger partial charge in [0.05, 0.1) is 5.41 Å². The van der Waals surface area contributed by atoms with Gasteiger partial charge in [0.15, 0.2) is 5.82 Å². The van der Waals surface area contributed by atoms with Crippen molar-refractivity contribution in [2.75, 3.05) is 26.2 Å². The predicted octanol–water partition coefficient (Wildman–Crippen LogP) is 1.62. The van der Waals surface area contributed by atoms with Gasteiger partial charge in [-0.15, -0.1) is 0 Å². The van der Waals surface area contributed by atoms with Crippen LogP contribution >= 0.6 is 0 Å². The number of hydrogen-bond donors (Lipinski definition) is 0. The largest absolute Gasteiger partial charge is 0.341 e. The summed E-state index contributed by atoms with van der Waals surface area (Å²) in [5, 5.41) is 3.96. The number of aryl methyl sites for hydroxylation is 1. The molecule has 3 heterocycles. The summed E-state index contributed by atoms with van der Waals surface area (Å²) < 4.78 is 5.55. The molecule has 2 aliphatic heterocycles. The van der Waals surface area contributed by atoms with E-state index >= 15 is 0 Å². The highest BCUT2D eigenvalue weighted by atomic mass is 16.5. The normalized spacial score (nSPS) is 26.4. The summed E-state index contributed by atoms with van der Waals surface area (Å²) in [4.78, 5) is 33.5. The van der Waals surface area contributed by atoms with E-state index in [-0.39, 0.29) is 29.6 Å².